The van der Waals surface area contributed by atoms with E-state index in [0.717, 1.165) is 10.0 Å². The molecule has 0 radical (unpaired) electrons. The summed E-state index contributed by atoms with van der Waals surface area (Å²) in [5.41, 5.74) is 1.29. The van der Waals surface area contributed by atoms with Gasteiger partial charge in [0.15, 0.2) is 6.61 Å². The SMILES string of the molecule is Cc1occc1C(=O)OCC(=O)NC(C)c1ccc(Br)cc1. The lowest BCUT2D eigenvalue weighted by atomic mass is 10.1. The molecule has 0 fully saturated rings. The fraction of sp³-hybridized carbons (Fsp3) is 0.250. The molecule has 1 unspecified atom stereocenters. The average Bonchev–Trinajstić information content (AvgIpc) is 2.91. The number of amides is 1. The molecular weight excluding hydrogens is 350 g/mol. The Morgan fingerprint density at radius 3 is 2.55 bits per heavy atom. The molecule has 1 aromatic carbocycles. The number of rotatable bonds is 5. The van der Waals surface area contributed by atoms with Crippen molar-refractivity contribution in [3.8, 4) is 0 Å². The number of ether oxygens (including phenoxy) is 1. The largest absolute Gasteiger partial charge is 0.469 e. The average molecular weight is 366 g/mol. The van der Waals surface area contributed by atoms with Gasteiger partial charge in [-0.1, -0.05) is 28.1 Å². The van der Waals surface area contributed by atoms with Gasteiger partial charge in [0, 0.05) is 4.47 Å². The zero-order valence-corrected chi connectivity index (χ0v) is 13.8. The smallest absolute Gasteiger partial charge is 0.342 e. The molecule has 1 N–H and O–H groups in total. The Morgan fingerprint density at radius 1 is 1.27 bits per heavy atom. The van der Waals surface area contributed by atoms with Crippen LogP contribution in [0.4, 0.5) is 0 Å². The third-order valence-corrected chi connectivity index (χ3v) is 3.69. The van der Waals surface area contributed by atoms with Crippen molar-refractivity contribution in [1.82, 2.24) is 5.32 Å². The predicted molar refractivity (Wildman–Crippen MR) is 84.4 cm³/mol. The van der Waals surface area contributed by atoms with E-state index in [0.29, 0.717) is 11.3 Å². The molecule has 2 aromatic rings. The molecule has 1 aromatic heterocycles. The lowest BCUT2D eigenvalue weighted by molar-refractivity contribution is -0.124. The lowest BCUT2D eigenvalue weighted by Gasteiger charge is -2.14. The van der Waals surface area contributed by atoms with Gasteiger partial charge in [0.2, 0.25) is 0 Å². The van der Waals surface area contributed by atoms with Gasteiger partial charge in [0.25, 0.3) is 5.91 Å². The van der Waals surface area contributed by atoms with Crippen molar-refractivity contribution < 1.29 is 18.7 Å². The Morgan fingerprint density at radius 2 is 1.95 bits per heavy atom. The minimum Gasteiger partial charge on any atom is -0.469 e. The van der Waals surface area contributed by atoms with Gasteiger partial charge in [-0.05, 0) is 37.6 Å². The van der Waals surface area contributed by atoms with Gasteiger partial charge in [-0.2, -0.15) is 0 Å². The van der Waals surface area contributed by atoms with Crippen LogP contribution in [0.5, 0.6) is 0 Å². The second-order valence-electron chi connectivity index (χ2n) is 4.81. The number of carbonyl (C=O) groups is 2. The van der Waals surface area contributed by atoms with Crippen molar-refractivity contribution in [2.75, 3.05) is 6.61 Å². The first-order chi connectivity index (χ1) is 10.5. The summed E-state index contributed by atoms with van der Waals surface area (Å²) in [6.45, 7) is 3.19. The van der Waals surface area contributed by atoms with E-state index < -0.39 is 5.97 Å². The van der Waals surface area contributed by atoms with Gasteiger partial charge in [-0.3, -0.25) is 4.79 Å². The van der Waals surface area contributed by atoms with E-state index in [9.17, 15) is 9.59 Å². The van der Waals surface area contributed by atoms with Crippen LogP contribution in [0.3, 0.4) is 0 Å². The minimum absolute atomic E-state index is 0.171. The van der Waals surface area contributed by atoms with Crippen LogP contribution in [0.25, 0.3) is 0 Å². The molecular formula is C16H16BrNO4. The lowest BCUT2D eigenvalue weighted by Crippen LogP contribution is -2.31. The molecule has 0 saturated heterocycles. The van der Waals surface area contributed by atoms with Gasteiger partial charge in [-0.25, -0.2) is 4.79 Å². The highest BCUT2D eigenvalue weighted by Gasteiger charge is 2.16. The number of furan rings is 1. The topological polar surface area (TPSA) is 68.5 Å². The van der Waals surface area contributed by atoms with Crippen molar-refractivity contribution in [1.29, 1.82) is 0 Å². The maximum Gasteiger partial charge on any atom is 0.342 e. The van der Waals surface area contributed by atoms with Crippen LogP contribution in [0, 0.1) is 6.92 Å². The minimum atomic E-state index is -0.572. The first-order valence-corrected chi connectivity index (χ1v) is 7.52. The normalized spacial score (nSPS) is 11.8. The Kier molecular flexibility index (Phi) is 5.38. The molecule has 1 heterocycles. The van der Waals surface area contributed by atoms with Crippen molar-refractivity contribution in [3.63, 3.8) is 0 Å². The van der Waals surface area contributed by atoms with Gasteiger partial charge < -0.3 is 14.5 Å². The second kappa shape index (κ2) is 7.26. The van der Waals surface area contributed by atoms with E-state index in [-0.39, 0.29) is 18.6 Å². The molecule has 0 aliphatic carbocycles. The number of nitrogens with one attached hydrogen (secondary N) is 1. The van der Waals surface area contributed by atoms with Crippen LogP contribution in [-0.4, -0.2) is 18.5 Å². The number of carbonyl (C=O) groups excluding carboxylic acids is 2. The van der Waals surface area contributed by atoms with E-state index in [1.165, 1.54) is 12.3 Å². The van der Waals surface area contributed by atoms with Crippen LogP contribution in [0.2, 0.25) is 0 Å². The summed E-state index contributed by atoms with van der Waals surface area (Å²) >= 11 is 3.36. The van der Waals surface area contributed by atoms with Crippen molar-refractivity contribution >= 4 is 27.8 Å². The van der Waals surface area contributed by atoms with Crippen molar-refractivity contribution in [2.45, 2.75) is 19.9 Å². The van der Waals surface area contributed by atoms with Crippen molar-refractivity contribution in [3.05, 3.63) is 58.0 Å². The number of halogens is 1. The number of hydrogen-bond donors (Lipinski definition) is 1. The summed E-state index contributed by atoms with van der Waals surface area (Å²) in [6, 6.07) is 8.97. The van der Waals surface area contributed by atoms with Crippen molar-refractivity contribution in [2.24, 2.45) is 0 Å². The third-order valence-electron chi connectivity index (χ3n) is 3.16. The number of aryl methyl sites for hydroxylation is 1. The molecule has 1 amide bonds. The zero-order valence-electron chi connectivity index (χ0n) is 12.3. The number of esters is 1. The third kappa shape index (κ3) is 4.21. The summed E-state index contributed by atoms with van der Waals surface area (Å²) in [4.78, 5) is 23.6. The van der Waals surface area contributed by atoms with E-state index in [4.69, 9.17) is 9.15 Å². The molecule has 5 nitrogen and oxygen atoms in total. The summed E-state index contributed by atoms with van der Waals surface area (Å²) in [7, 11) is 0. The molecule has 22 heavy (non-hydrogen) atoms. The Hall–Kier alpha value is -2.08. The maximum atomic E-state index is 11.8. The Balaban J connectivity index is 1.84. The van der Waals surface area contributed by atoms with E-state index in [1.54, 1.807) is 6.92 Å². The van der Waals surface area contributed by atoms with Crippen LogP contribution < -0.4 is 5.32 Å². The number of benzene rings is 1. The number of hydrogen-bond acceptors (Lipinski definition) is 4. The predicted octanol–water partition coefficient (Wildman–Crippen LogP) is 3.38. The molecule has 0 spiro atoms. The fourth-order valence-corrected chi connectivity index (χ4v) is 2.19. The zero-order chi connectivity index (χ0) is 16.1. The van der Waals surface area contributed by atoms with Crippen LogP contribution in [0.15, 0.2) is 45.5 Å². The summed E-state index contributed by atoms with van der Waals surface area (Å²) < 4.78 is 11.0. The molecule has 1 atom stereocenters. The second-order valence-corrected chi connectivity index (χ2v) is 5.72. The van der Waals surface area contributed by atoms with E-state index >= 15 is 0 Å². The molecule has 116 valence electrons. The molecule has 0 bridgehead atoms. The Bertz CT molecular complexity index is 663. The van der Waals surface area contributed by atoms with E-state index in [2.05, 4.69) is 21.2 Å². The summed E-state index contributed by atoms with van der Waals surface area (Å²) in [6.07, 6.45) is 1.40. The van der Waals surface area contributed by atoms with Crippen LogP contribution in [-0.2, 0) is 9.53 Å². The highest BCUT2D eigenvalue weighted by Crippen LogP contribution is 2.16. The van der Waals surface area contributed by atoms with Gasteiger partial charge in [0.1, 0.15) is 11.3 Å². The maximum absolute atomic E-state index is 11.8. The molecule has 2 rings (SSSR count). The summed E-state index contributed by atoms with van der Waals surface area (Å²) in [5.74, 6) is -0.462. The van der Waals surface area contributed by atoms with Gasteiger partial charge in [-0.15, -0.1) is 0 Å². The molecule has 0 aliphatic rings. The Labute approximate surface area is 136 Å². The molecule has 0 aliphatic heterocycles. The molecule has 6 heteroatoms. The van der Waals surface area contributed by atoms with Crippen LogP contribution >= 0.6 is 15.9 Å². The standard InChI is InChI=1S/C16H16BrNO4/c1-10(12-3-5-13(17)6-4-12)18-15(19)9-22-16(20)14-7-8-21-11(14)2/h3-8,10H,9H2,1-2H3,(H,18,19). The van der Waals surface area contributed by atoms with E-state index in [1.807, 2.05) is 31.2 Å². The van der Waals surface area contributed by atoms with Gasteiger partial charge in [0.05, 0.1) is 12.3 Å². The first kappa shape index (κ1) is 16.3. The highest BCUT2D eigenvalue weighted by molar-refractivity contribution is 9.10. The van der Waals surface area contributed by atoms with Crippen LogP contribution in [0.1, 0.15) is 34.6 Å². The quantitative estimate of drug-likeness (QED) is 0.824. The van der Waals surface area contributed by atoms with Gasteiger partial charge >= 0.3 is 5.97 Å². The fourth-order valence-electron chi connectivity index (χ4n) is 1.92. The molecule has 0 saturated carbocycles. The monoisotopic (exact) mass is 365 g/mol. The summed E-state index contributed by atoms with van der Waals surface area (Å²) in [5, 5.41) is 2.78. The first-order valence-electron chi connectivity index (χ1n) is 6.73. The highest BCUT2D eigenvalue weighted by atomic mass is 79.9.